The number of hydrogen-bond donors (Lipinski definition) is 1. The maximum atomic E-state index is 13.0. The van der Waals surface area contributed by atoms with E-state index < -0.39 is 12.6 Å². The van der Waals surface area contributed by atoms with Crippen LogP contribution in [0.5, 0.6) is 5.75 Å². The number of carboxylic acid groups (broad SMARTS) is 1. The van der Waals surface area contributed by atoms with E-state index in [1.165, 1.54) is 40.3 Å². The Hall–Kier alpha value is -4.45. The zero-order valence-corrected chi connectivity index (χ0v) is 35.2. The second-order valence-corrected chi connectivity index (χ2v) is 13.6. The van der Waals surface area contributed by atoms with Crippen LogP contribution in [0.15, 0.2) is 79.1 Å². The first-order valence-corrected chi connectivity index (χ1v) is 18.4. The molecule has 1 aliphatic heterocycles. The Kier molecular flexibility index (Phi) is 19.5. The number of halogens is 1. The normalized spacial score (nSPS) is 17.8. The van der Waals surface area contributed by atoms with Gasteiger partial charge in [0.25, 0.3) is 12.4 Å². The van der Waals surface area contributed by atoms with Crippen molar-refractivity contribution in [2.24, 2.45) is 0 Å². The van der Waals surface area contributed by atoms with E-state index in [1.807, 2.05) is 41.6 Å². The fraction of sp³-hybridized carbons (Fsp3) is 0.357. The second kappa shape index (κ2) is 22.9. The molecule has 0 saturated heterocycles. The summed E-state index contributed by atoms with van der Waals surface area (Å²) < 4.78 is 9.16. The fourth-order valence-corrected chi connectivity index (χ4v) is 6.98. The van der Waals surface area contributed by atoms with Gasteiger partial charge in [0, 0.05) is 51.4 Å². The predicted octanol–water partition coefficient (Wildman–Crippen LogP) is 9.11. The van der Waals surface area contributed by atoms with Crippen molar-refractivity contribution < 1.29 is 55.5 Å². The second-order valence-electron chi connectivity index (χ2n) is 13.2. The van der Waals surface area contributed by atoms with Crippen molar-refractivity contribution in [3.05, 3.63) is 118 Å². The van der Waals surface area contributed by atoms with Crippen molar-refractivity contribution in [3.8, 4) is 5.75 Å². The molecular formula is C42H50ClN5O7Pt. The van der Waals surface area contributed by atoms with Crippen LogP contribution in [0.25, 0.3) is 33.3 Å². The third-order valence-electron chi connectivity index (χ3n) is 9.88. The molecule has 1 fully saturated rings. The van der Waals surface area contributed by atoms with Crippen LogP contribution >= 0.6 is 11.6 Å². The molecule has 1 aliphatic carbocycles. The summed E-state index contributed by atoms with van der Waals surface area (Å²) >= 11 is 5.93. The van der Waals surface area contributed by atoms with Gasteiger partial charge in [0.05, 0.1) is 18.1 Å². The summed E-state index contributed by atoms with van der Waals surface area (Å²) in [5, 5.41) is 10.8. The molecule has 3 unspecified atom stereocenters. The van der Waals surface area contributed by atoms with Gasteiger partial charge in [0.1, 0.15) is 5.75 Å². The topological polar surface area (TPSA) is 198 Å². The molecule has 3 aromatic carbocycles. The Morgan fingerprint density at radius 3 is 1.89 bits per heavy atom. The molecule has 0 bridgehead atoms. The van der Waals surface area contributed by atoms with Gasteiger partial charge in [-0.25, -0.2) is 4.79 Å². The quantitative estimate of drug-likeness (QED) is 0.128. The minimum absolute atomic E-state index is 0. The molecule has 2 aliphatic rings. The van der Waals surface area contributed by atoms with Gasteiger partial charge in [0.15, 0.2) is 6.61 Å². The molecule has 56 heavy (non-hydrogen) atoms. The van der Waals surface area contributed by atoms with Gasteiger partial charge in [-0.05, 0) is 98.5 Å². The van der Waals surface area contributed by atoms with Crippen molar-refractivity contribution in [2.45, 2.75) is 83.8 Å². The van der Waals surface area contributed by atoms with Crippen LogP contribution in [0, 0.1) is 13.8 Å². The molecule has 302 valence electrons. The summed E-state index contributed by atoms with van der Waals surface area (Å²) in [7, 11) is 1.66. The molecule has 5 aromatic rings. The summed E-state index contributed by atoms with van der Waals surface area (Å²) in [5.74, 6) is 0.00942. The summed E-state index contributed by atoms with van der Waals surface area (Å²) in [4.78, 5) is 42.5. The number of carbonyl (C=O) groups excluding carboxylic acids is 2. The number of aryl methyl sites for hydroxylation is 2. The summed E-state index contributed by atoms with van der Waals surface area (Å²) in [6.45, 7) is 8.09. The number of benzene rings is 3. The minimum Gasteiger partial charge on any atom is -0.676 e. The molecule has 3 heterocycles. The molecule has 2 aromatic heterocycles. The Morgan fingerprint density at radius 1 is 0.929 bits per heavy atom. The van der Waals surface area contributed by atoms with Gasteiger partial charge < -0.3 is 36.4 Å². The third-order valence-corrected chi connectivity index (χ3v) is 10.1. The maximum Gasteiger partial charge on any atom is 2.00 e. The standard InChI is InChI=1S/C19H20ClNO2.C14H12N2.C6H12N2.C3H4O4.H2O.Pt/c1-4-16-12(2)21(18-10-9-15(23-3)11-17(16)18)19(22)13-5-7-14(20)8-6-13;1-9-10(2)12-6-4-8-16-14(12)13-11(9)5-3-7-15-13;7-5-3-1-2-4-6(5)8;4-2-7-1-3(5)6;;/h5-12,16H,4H2,1-3H3;3-8H,1-2H3;5-8H,1-4H2;2H,1H2,(H,5,6);1H2;/q;;-2;;;+2/t;;5-,6?;;;/m..0.../s1. The summed E-state index contributed by atoms with van der Waals surface area (Å²) in [5.41, 5.74) is 22.0. The number of anilines is 1. The fourth-order valence-electron chi connectivity index (χ4n) is 6.86. The number of fused-ring (bicyclic) bond motifs is 4. The summed E-state index contributed by atoms with van der Waals surface area (Å²) in [6.07, 6.45) is 8.87. The largest absolute Gasteiger partial charge is 2.00 e. The minimum atomic E-state index is -1.15. The number of rotatable bonds is 6. The number of carboxylic acids is 1. The first kappa shape index (κ1) is 47.7. The van der Waals surface area contributed by atoms with E-state index in [9.17, 15) is 14.4 Å². The zero-order chi connectivity index (χ0) is 39.4. The van der Waals surface area contributed by atoms with Crippen LogP contribution < -0.4 is 9.64 Å². The summed E-state index contributed by atoms with van der Waals surface area (Å²) in [6, 6.07) is 21.1. The molecule has 1 amide bonds. The molecule has 0 radical (unpaired) electrons. The SMILES string of the molecule is CCC1c2cc(OC)ccc2N(C(=O)c2ccc(Cl)cc2)C1C.Cc1c(C)c2cccnc2c2ncccc12.O.O=COCC(=O)O.[NH-]C1CCCC[C@@H]1[NH-].[Pt+2]. The number of nitrogens with zero attached hydrogens (tertiary/aromatic N) is 3. The van der Waals surface area contributed by atoms with E-state index in [2.05, 4.69) is 60.6 Å². The Morgan fingerprint density at radius 2 is 1.46 bits per heavy atom. The average Bonchev–Trinajstić information content (AvgIpc) is 3.47. The Labute approximate surface area is 347 Å². The van der Waals surface area contributed by atoms with Gasteiger partial charge in [-0.1, -0.05) is 56.3 Å². The average molecular weight is 967 g/mol. The number of nitrogens with one attached hydrogen (secondary N) is 2. The van der Waals surface area contributed by atoms with E-state index in [1.54, 1.807) is 31.4 Å². The molecule has 0 spiro atoms. The van der Waals surface area contributed by atoms with Crippen molar-refractivity contribution in [2.75, 3.05) is 18.6 Å². The number of pyridine rings is 2. The van der Waals surface area contributed by atoms with E-state index >= 15 is 0 Å². The van der Waals surface area contributed by atoms with Gasteiger partial charge in [-0.3, -0.25) is 19.6 Å². The van der Waals surface area contributed by atoms with Crippen molar-refractivity contribution in [1.29, 1.82) is 0 Å². The third kappa shape index (κ3) is 11.8. The van der Waals surface area contributed by atoms with Gasteiger partial charge >= 0.3 is 27.0 Å². The number of aromatic nitrogens is 2. The number of aliphatic carboxylic acids is 1. The van der Waals surface area contributed by atoms with Crippen molar-refractivity contribution >= 4 is 57.4 Å². The molecule has 5 N–H and O–H groups in total. The van der Waals surface area contributed by atoms with Crippen LogP contribution in [0.4, 0.5) is 5.69 Å². The monoisotopic (exact) mass is 966 g/mol. The number of amides is 1. The van der Waals surface area contributed by atoms with Gasteiger partial charge in [-0.15, -0.1) is 0 Å². The smallest absolute Gasteiger partial charge is 0.676 e. The van der Waals surface area contributed by atoms with Crippen molar-refractivity contribution in [1.82, 2.24) is 9.97 Å². The van der Waals surface area contributed by atoms with Crippen LogP contribution in [-0.4, -0.2) is 70.7 Å². The number of carbonyl (C=O) groups is 3. The van der Waals surface area contributed by atoms with E-state index in [0.717, 1.165) is 41.7 Å². The molecule has 7 rings (SSSR count). The zero-order valence-electron chi connectivity index (χ0n) is 32.2. The Bertz CT molecular complexity index is 1980. The molecule has 4 atom stereocenters. The molecule has 14 heteroatoms. The molecule has 1 saturated carbocycles. The number of ether oxygens (including phenoxy) is 2. The molecule has 12 nitrogen and oxygen atoms in total. The number of hydrogen-bond acceptors (Lipinski definition) is 7. The molecular weight excluding hydrogens is 917 g/mol. The van der Waals surface area contributed by atoms with Crippen LogP contribution in [-0.2, 0) is 35.4 Å². The van der Waals surface area contributed by atoms with Gasteiger partial charge in [0.2, 0.25) is 0 Å². The number of methoxy groups -OCH3 is 1. The first-order chi connectivity index (χ1) is 25.9. The van der Waals surface area contributed by atoms with Crippen LogP contribution in [0.3, 0.4) is 0 Å². The van der Waals surface area contributed by atoms with Crippen molar-refractivity contribution in [3.63, 3.8) is 0 Å². The van der Waals surface area contributed by atoms with Crippen LogP contribution in [0.2, 0.25) is 5.02 Å². The first-order valence-electron chi connectivity index (χ1n) is 18.0. The maximum absolute atomic E-state index is 13.0. The van der Waals surface area contributed by atoms with E-state index in [0.29, 0.717) is 16.5 Å². The van der Waals surface area contributed by atoms with Crippen LogP contribution in [0.1, 0.15) is 78.9 Å². The van der Waals surface area contributed by atoms with E-state index in [-0.39, 0.29) is 57.0 Å². The Balaban J connectivity index is 0.000000284. The van der Waals surface area contributed by atoms with E-state index in [4.69, 9.17) is 32.9 Å². The van der Waals surface area contributed by atoms with Gasteiger partial charge in [-0.2, -0.15) is 12.1 Å². The predicted molar refractivity (Wildman–Crippen MR) is 218 cm³/mol.